The van der Waals surface area contributed by atoms with Crippen LogP contribution in [0.15, 0.2) is 205 Å². The Morgan fingerprint density at radius 1 is 0.579 bits per heavy atom. The van der Waals surface area contributed by atoms with Crippen LogP contribution in [0.3, 0.4) is 0 Å². The van der Waals surface area contributed by atoms with Gasteiger partial charge in [-0.1, -0.05) is 141 Å². The van der Waals surface area contributed by atoms with E-state index in [1.165, 1.54) is 27.4 Å². The van der Waals surface area contributed by atoms with E-state index in [0.717, 1.165) is 68.1 Å². The molecule has 0 spiro atoms. The average Bonchev–Trinajstić information content (AvgIpc) is 3.48. The van der Waals surface area contributed by atoms with Gasteiger partial charge in [-0.2, -0.15) is 0 Å². The minimum absolute atomic E-state index is 0.596. The first-order valence-electron chi connectivity index (χ1n) is 19.4. The molecule has 57 heavy (non-hydrogen) atoms. The zero-order valence-electron chi connectivity index (χ0n) is 32.1. The van der Waals surface area contributed by atoms with Crippen LogP contribution in [0.1, 0.15) is 48.1 Å². The van der Waals surface area contributed by atoms with Crippen LogP contribution in [-0.2, 0) is 0 Å². The van der Waals surface area contributed by atoms with Crippen LogP contribution in [-0.4, -0.2) is 16.1 Å². The van der Waals surface area contributed by atoms with E-state index in [0.29, 0.717) is 11.5 Å². The number of aliphatic imine (C=N–C) groups is 2. The molecule has 0 atom stereocenters. The molecule has 0 radical (unpaired) electrons. The molecule has 4 heteroatoms. The van der Waals surface area contributed by atoms with Gasteiger partial charge in [0, 0.05) is 38.9 Å². The van der Waals surface area contributed by atoms with Gasteiger partial charge < -0.3 is 9.30 Å². The number of benzene rings is 7. The highest BCUT2D eigenvalue weighted by molar-refractivity contribution is 6.13. The number of fused-ring (bicyclic) bond motifs is 4. The Morgan fingerprint density at radius 2 is 1.23 bits per heavy atom. The first-order chi connectivity index (χ1) is 28.0. The molecular formula is C53H41N3O. The van der Waals surface area contributed by atoms with Crippen molar-refractivity contribution in [2.45, 2.75) is 20.3 Å². The highest BCUT2D eigenvalue weighted by atomic mass is 16.5. The molecule has 0 bridgehead atoms. The molecule has 1 aliphatic rings. The lowest BCUT2D eigenvalue weighted by Crippen LogP contribution is -2.05. The number of nitrogens with zero attached hydrogens (tertiary/aromatic N) is 3. The molecule has 0 N–H and O–H groups in total. The molecule has 0 saturated heterocycles. The van der Waals surface area contributed by atoms with Gasteiger partial charge in [-0.05, 0) is 101 Å². The Morgan fingerprint density at radius 3 is 2.00 bits per heavy atom. The number of para-hydroxylation sites is 2. The summed E-state index contributed by atoms with van der Waals surface area (Å²) in [6.07, 6.45) is 4.96. The van der Waals surface area contributed by atoms with E-state index in [9.17, 15) is 0 Å². The van der Waals surface area contributed by atoms with Crippen LogP contribution in [0.25, 0.3) is 55.5 Å². The van der Waals surface area contributed by atoms with Crippen molar-refractivity contribution in [3.05, 3.63) is 223 Å². The third-order valence-electron chi connectivity index (χ3n) is 10.6. The summed E-state index contributed by atoms with van der Waals surface area (Å²) in [5.41, 5.74) is 14.5. The summed E-state index contributed by atoms with van der Waals surface area (Å²) < 4.78 is 8.83. The van der Waals surface area contributed by atoms with Crippen LogP contribution < -0.4 is 4.74 Å². The van der Waals surface area contributed by atoms with E-state index in [2.05, 4.69) is 152 Å². The van der Waals surface area contributed by atoms with Crippen molar-refractivity contribution in [2.24, 2.45) is 9.98 Å². The molecular weight excluding hydrogens is 695 g/mol. The number of ether oxygens (including phenoxy) is 1. The summed E-state index contributed by atoms with van der Waals surface area (Å²) in [5, 5.41) is 2.46. The number of rotatable bonds is 8. The lowest BCUT2D eigenvalue weighted by atomic mass is 9.94. The van der Waals surface area contributed by atoms with Crippen LogP contribution in [0.5, 0.6) is 5.75 Å². The summed E-state index contributed by atoms with van der Waals surface area (Å²) in [6.45, 7) is 8.53. The second-order valence-corrected chi connectivity index (χ2v) is 14.2. The molecule has 9 rings (SSSR count). The third-order valence-corrected chi connectivity index (χ3v) is 10.6. The second kappa shape index (κ2) is 15.4. The fourth-order valence-corrected chi connectivity index (χ4v) is 7.66. The van der Waals surface area contributed by atoms with Crippen molar-refractivity contribution in [1.29, 1.82) is 0 Å². The second-order valence-electron chi connectivity index (χ2n) is 14.2. The molecule has 1 aliphatic heterocycles. The normalized spacial score (nSPS) is 13.1. The summed E-state index contributed by atoms with van der Waals surface area (Å²) >= 11 is 0. The van der Waals surface area contributed by atoms with Gasteiger partial charge in [0.2, 0.25) is 0 Å². The van der Waals surface area contributed by atoms with Crippen LogP contribution >= 0.6 is 0 Å². The van der Waals surface area contributed by atoms with Gasteiger partial charge >= 0.3 is 0 Å². The summed E-state index contributed by atoms with van der Waals surface area (Å²) in [6, 6.07) is 61.2. The third kappa shape index (κ3) is 7.05. The van der Waals surface area contributed by atoms with E-state index in [1.54, 1.807) is 0 Å². The fraction of sp³-hybridized carbons (Fsp3) is 0.0566. The minimum Gasteiger partial charge on any atom is -0.464 e. The Bertz CT molecular complexity index is 2910. The largest absolute Gasteiger partial charge is 0.464 e. The first-order valence-corrected chi connectivity index (χ1v) is 19.4. The van der Waals surface area contributed by atoms with E-state index < -0.39 is 0 Å². The van der Waals surface area contributed by atoms with Crippen molar-refractivity contribution in [3.63, 3.8) is 0 Å². The van der Waals surface area contributed by atoms with Crippen LogP contribution in [0.4, 0.5) is 0 Å². The highest BCUT2D eigenvalue weighted by Gasteiger charge is 2.18. The van der Waals surface area contributed by atoms with Gasteiger partial charge in [-0.3, -0.25) is 0 Å². The first kappa shape index (κ1) is 35.4. The lowest BCUT2D eigenvalue weighted by Gasteiger charge is -2.12. The lowest BCUT2D eigenvalue weighted by molar-refractivity contribution is 0.483. The molecule has 8 aromatic rings. The van der Waals surface area contributed by atoms with E-state index in [-0.39, 0.29) is 0 Å². The average molecular weight is 736 g/mol. The predicted octanol–water partition coefficient (Wildman–Crippen LogP) is 13.6. The molecule has 1 aromatic heterocycles. The number of allylic oxidation sites excluding steroid dienone is 3. The molecule has 0 amide bonds. The van der Waals surface area contributed by atoms with Crippen molar-refractivity contribution in [1.82, 2.24) is 4.57 Å². The van der Waals surface area contributed by atoms with Crippen LogP contribution in [0, 0.1) is 0 Å². The molecule has 0 saturated carbocycles. The number of aromatic nitrogens is 1. The topological polar surface area (TPSA) is 38.9 Å². The summed E-state index contributed by atoms with van der Waals surface area (Å²) in [5.74, 6) is 1.43. The zero-order chi connectivity index (χ0) is 38.7. The molecule has 2 heterocycles. The maximum absolute atomic E-state index is 6.47. The van der Waals surface area contributed by atoms with Crippen molar-refractivity contribution in [2.75, 3.05) is 0 Å². The van der Waals surface area contributed by atoms with Gasteiger partial charge in [0.25, 0.3) is 0 Å². The Kier molecular flexibility index (Phi) is 9.59. The molecule has 0 unspecified atom stereocenters. The molecule has 0 fully saturated rings. The predicted molar refractivity (Wildman–Crippen MR) is 240 cm³/mol. The SMILES string of the molecule is C=C(N=C(N=C(C)c1ccccc1)c1cccc(C2=COc3ccc(-c4ccc5c(c4)c4ccccc4n5-c4ccccc4)cc3C(CC)=C2)c1)c1ccccc1. The van der Waals surface area contributed by atoms with Gasteiger partial charge in [0.1, 0.15) is 5.75 Å². The van der Waals surface area contributed by atoms with Gasteiger partial charge in [0.05, 0.1) is 23.0 Å². The fourth-order valence-electron chi connectivity index (χ4n) is 7.66. The summed E-state index contributed by atoms with van der Waals surface area (Å²) in [7, 11) is 0. The van der Waals surface area contributed by atoms with Crippen molar-refractivity contribution in [3.8, 4) is 22.6 Å². The Hall–Kier alpha value is -7.30. The number of hydrogen-bond donors (Lipinski definition) is 0. The van der Waals surface area contributed by atoms with E-state index >= 15 is 0 Å². The number of hydrogen-bond acceptors (Lipinski definition) is 2. The monoisotopic (exact) mass is 735 g/mol. The maximum Gasteiger partial charge on any atom is 0.160 e. The number of amidine groups is 1. The Balaban J connectivity index is 1.08. The molecule has 274 valence electrons. The minimum atomic E-state index is 0.596. The van der Waals surface area contributed by atoms with Gasteiger partial charge in [-0.25, -0.2) is 9.98 Å². The van der Waals surface area contributed by atoms with E-state index in [4.69, 9.17) is 14.7 Å². The van der Waals surface area contributed by atoms with Gasteiger partial charge in [0.15, 0.2) is 5.84 Å². The van der Waals surface area contributed by atoms with Crippen molar-refractivity contribution >= 4 is 50.2 Å². The van der Waals surface area contributed by atoms with E-state index in [1.807, 2.05) is 61.7 Å². The molecule has 7 aromatic carbocycles. The molecule has 4 nitrogen and oxygen atoms in total. The quantitative estimate of drug-likeness (QED) is 0.113. The van der Waals surface area contributed by atoms with Crippen LogP contribution in [0.2, 0.25) is 0 Å². The summed E-state index contributed by atoms with van der Waals surface area (Å²) in [4.78, 5) is 10.1. The maximum atomic E-state index is 6.47. The van der Waals surface area contributed by atoms with Crippen molar-refractivity contribution < 1.29 is 4.74 Å². The smallest absolute Gasteiger partial charge is 0.160 e. The standard InChI is InChI=1S/C53H41N3O/c1-4-38-31-45(41-21-16-22-44(32-41)53(54-36(2)39-17-8-5-9-18-39)55-37(3)40-19-10-6-11-20-40)35-57-52-30-28-43(33-48(38)52)42-27-29-51-49(34-42)47-25-14-15-26-50(47)56(51)46-23-12-7-13-24-46/h5-35H,2,4H2,1,3H3. The molecule has 0 aliphatic carbocycles. The zero-order valence-corrected chi connectivity index (χ0v) is 32.1. The highest BCUT2D eigenvalue weighted by Crippen LogP contribution is 2.40. The van der Waals surface area contributed by atoms with Gasteiger partial charge in [-0.15, -0.1) is 0 Å². The Labute approximate surface area is 333 Å².